The van der Waals surface area contributed by atoms with Gasteiger partial charge in [0.1, 0.15) is 5.69 Å². The molecule has 0 aliphatic heterocycles. The second-order valence-corrected chi connectivity index (χ2v) is 5.54. The zero-order valence-electron chi connectivity index (χ0n) is 11.6. The van der Waals surface area contributed by atoms with Gasteiger partial charge in [0.2, 0.25) is 0 Å². The van der Waals surface area contributed by atoms with Crippen LogP contribution in [-0.4, -0.2) is 20.8 Å². The highest BCUT2D eigenvalue weighted by atomic mass is 35.5. The Labute approximate surface area is 142 Å². The number of rotatable bonds is 4. The lowest BCUT2D eigenvalue weighted by atomic mass is 10.3. The molecule has 0 saturated heterocycles. The third-order valence-corrected chi connectivity index (χ3v) is 3.55. The quantitative estimate of drug-likeness (QED) is 0.732. The van der Waals surface area contributed by atoms with E-state index in [-0.39, 0.29) is 10.8 Å². The minimum absolute atomic E-state index is 0.252. The Morgan fingerprint density at radius 3 is 2.64 bits per heavy atom. The van der Waals surface area contributed by atoms with Crippen LogP contribution < -0.4 is 16.4 Å². The van der Waals surface area contributed by atoms with Crippen molar-refractivity contribution < 1.29 is 4.79 Å². The summed E-state index contributed by atoms with van der Waals surface area (Å²) < 4.78 is 1.49. The second-order valence-electron chi connectivity index (χ2n) is 4.29. The molecule has 2 rings (SSSR count). The van der Waals surface area contributed by atoms with Crippen LogP contribution in [0.5, 0.6) is 0 Å². The molecule has 0 unspecified atom stereocenters. The molecule has 0 saturated carbocycles. The number of aromatic nitrogens is 2. The minimum Gasteiger partial charge on any atom is -0.364 e. The summed E-state index contributed by atoms with van der Waals surface area (Å²) in [6.07, 6.45) is 1.49. The molecule has 0 radical (unpaired) electrons. The van der Waals surface area contributed by atoms with Crippen LogP contribution in [-0.2, 0) is 6.54 Å². The fourth-order valence-electron chi connectivity index (χ4n) is 1.84. The second kappa shape index (κ2) is 6.95. The largest absolute Gasteiger partial charge is 0.364 e. The molecule has 1 aromatic heterocycles. The Kier molecular flexibility index (Phi) is 5.23. The van der Waals surface area contributed by atoms with Crippen LogP contribution >= 0.6 is 35.4 Å². The van der Waals surface area contributed by atoms with Gasteiger partial charge in [0, 0.05) is 11.6 Å². The summed E-state index contributed by atoms with van der Waals surface area (Å²) in [5.41, 5.74) is 6.64. The van der Waals surface area contributed by atoms with Gasteiger partial charge < -0.3 is 16.4 Å². The topological polar surface area (TPSA) is 85.0 Å². The van der Waals surface area contributed by atoms with Crippen molar-refractivity contribution in [1.82, 2.24) is 9.78 Å². The first-order valence-corrected chi connectivity index (χ1v) is 7.47. The maximum Gasteiger partial charge on any atom is 0.269 e. The molecule has 2 aromatic rings. The van der Waals surface area contributed by atoms with Crippen LogP contribution in [0.25, 0.3) is 0 Å². The summed E-state index contributed by atoms with van der Waals surface area (Å²) in [7, 11) is 0. The number of aryl methyl sites for hydroxylation is 1. The van der Waals surface area contributed by atoms with E-state index in [0.717, 1.165) is 0 Å². The number of halogens is 2. The van der Waals surface area contributed by atoms with Crippen LogP contribution in [0.15, 0.2) is 24.4 Å². The van der Waals surface area contributed by atoms with Crippen LogP contribution in [0.3, 0.4) is 0 Å². The summed E-state index contributed by atoms with van der Waals surface area (Å²) in [5, 5.41) is 11.1. The molecule has 6 nitrogen and oxygen atoms in total. The molecule has 4 N–H and O–H groups in total. The molecule has 22 heavy (non-hydrogen) atoms. The highest BCUT2D eigenvalue weighted by molar-refractivity contribution is 7.80. The van der Waals surface area contributed by atoms with E-state index in [1.54, 1.807) is 18.2 Å². The number of carbonyl (C=O) groups is 1. The van der Waals surface area contributed by atoms with Gasteiger partial charge in [-0.3, -0.25) is 9.48 Å². The van der Waals surface area contributed by atoms with Crippen LogP contribution in [0.4, 0.5) is 11.4 Å². The Bertz CT molecular complexity index is 731. The normalized spacial score (nSPS) is 10.3. The predicted molar refractivity (Wildman–Crippen MR) is 92.7 cm³/mol. The summed E-state index contributed by atoms with van der Waals surface area (Å²) in [5.74, 6) is -0.589. The van der Waals surface area contributed by atoms with Gasteiger partial charge in [0.15, 0.2) is 5.11 Å². The third kappa shape index (κ3) is 3.68. The maximum atomic E-state index is 11.5. The van der Waals surface area contributed by atoms with Crippen molar-refractivity contribution in [3.8, 4) is 0 Å². The first-order valence-electron chi connectivity index (χ1n) is 6.31. The zero-order valence-corrected chi connectivity index (χ0v) is 13.9. The summed E-state index contributed by atoms with van der Waals surface area (Å²) in [6.45, 7) is 2.37. The average Bonchev–Trinajstić information content (AvgIpc) is 2.84. The van der Waals surface area contributed by atoms with E-state index in [2.05, 4.69) is 15.7 Å². The molecular weight excluding hydrogens is 345 g/mol. The number of nitrogens with one attached hydrogen (secondary N) is 2. The van der Waals surface area contributed by atoms with E-state index in [0.29, 0.717) is 28.0 Å². The number of nitrogens with zero attached hydrogens (tertiary/aromatic N) is 2. The Morgan fingerprint density at radius 1 is 1.36 bits per heavy atom. The molecule has 0 atom stereocenters. The van der Waals surface area contributed by atoms with E-state index < -0.39 is 5.91 Å². The summed E-state index contributed by atoms with van der Waals surface area (Å²) >= 11 is 17.1. The Hall–Kier alpha value is -1.83. The fraction of sp³-hybridized carbons (Fsp3) is 0.154. The number of hydrogen-bond acceptors (Lipinski definition) is 3. The number of primary amides is 1. The van der Waals surface area contributed by atoms with Gasteiger partial charge in [0.25, 0.3) is 5.91 Å². The van der Waals surface area contributed by atoms with Crippen molar-refractivity contribution in [2.75, 3.05) is 10.6 Å². The van der Waals surface area contributed by atoms with Gasteiger partial charge in [0.05, 0.1) is 22.6 Å². The molecule has 1 aromatic carbocycles. The average molecular weight is 358 g/mol. The molecule has 1 amide bonds. The molecule has 0 aliphatic carbocycles. The Morgan fingerprint density at radius 2 is 2.05 bits per heavy atom. The van der Waals surface area contributed by atoms with Gasteiger partial charge in [-0.25, -0.2) is 0 Å². The Balaban J connectivity index is 2.16. The van der Waals surface area contributed by atoms with Gasteiger partial charge in [-0.1, -0.05) is 23.2 Å². The van der Waals surface area contributed by atoms with Gasteiger partial charge >= 0.3 is 0 Å². The highest BCUT2D eigenvalue weighted by Gasteiger charge is 2.16. The predicted octanol–water partition coefficient (Wildman–Crippen LogP) is 3.12. The first kappa shape index (κ1) is 16.5. The fourth-order valence-corrected chi connectivity index (χ4v) is 2.52. The first-order chi connectivity index (χ1) is 10.4. The lowest BCUT2D eigenvalue weighted by Crippen LogP contribution is -2.23. The monoisotopic (exact) mass is 357 g/mol. The number of nitrogens with two attached hydrogens (primary N) is 1. The van der Waals surface area contributed by atoms with Crippen molar-refractivity contribution in [2.45, 2.75) is 13.5 Å². The van der Waals surface area contributed by atoms with Gasteiger partial charge in [-0.2, -0.15) is 5.10 Å². The minimum atomic E-state index is -0.589. The highest BCUT2D eigenvalue weighted by Crippen LogP contribution is 2.25. The van der Waals surface area contributed by atoms with Crippen LogP contribution in [0.2, 0.25) is 10.0 Å². The third-order valence-electron chi connectivity index (χ3n) is 2.80. The number of carbonyl (C=O) groups excluding carboxylic acids is 1. The summed E-state index contributed by atoms with van der Waals surface area (Å²) in [6, 6.07) is 4.98. The van der Waals surface area contributed by atoms with E-state index in [4.69, 9.17) is 41.2 Å². The number of anilines is 2. The van der Waals surface area contributed by atoms with Crippen molar-refractivity contribution in [3.05, 3.63) is 40.1 Å². The molecule has 0 spiro atoms. The molecular formula is C13H13Cl2N5OS. The van der Waals surface area contributed by atoms with Crippen molar-refractivity contribution in [3.63, 3.8) is 0 Å². The standard InChI is InChI=1S/C13H13Cl2N5OS/c1-2-20-11(12(16)21)10(6-17-20)19-13(22)18-9-4-3-7(14)5-8(9)15/h3-6H,2H2,1H3,(H2,16,21)(H2,18,19,22). The zero-order chi connectivity index (χ0) is 16.3. The number of amides is 1. The van der Waals surface area contributed by atoms with Crippen LogP contribution in [0, 0.1) is 0 Å². The smallest absolute Gasteiger partial charge is 0.269 e. The molecule has 9 heteroatoms. The van der Waals surface area contributed by atoms with Crippen molar-refractivity contribution in [2.24, 2.45) is 5.73 Å². The van der Waals surface area contributed by atoms with Gasteiger partial charge in [-0.05, 0) is 37.3 Å². The lowest BCUT2D eigenvalue weighted by Gasteiger charge is -2.12. The van der Waals surface area contributed by atoms with E-state index in [9.17, 15) is 4.79 Å². The number of thiocarbonyl (C=S) groups is 1. The van der Waals surface area contributed by atoms with Crippen LogP contribution in [0.1, 0.15) is 17.4 Å². The maximum absolute atomic E-state index is 11.5. The molecule has 0 fully saturated rings. The van der Waals surface area contributed by atoms with E-state index in [1.807, 2.05) is 6.92 Å². The summed E-state index contributed by atoms with van der Waals surface area (Å²) in [4.78, 5) is 11.5. The number of benzene rings is 1. The molecule has 116 valence electrons. The number of hydrogen-bond donors (Lipinski definition) is 3. The molecule has 0 bridgehead atoms. The van der Waals surface area contributed by atoms with Crippen molar-refractivity contribution in [1.29, 1.82) is 0 Å². The molecule has 0 aliphatic rings. The van der Waals surface area contributed by atoms with E-state index >= 15 is 0 Å². The SMILES string of the molecule is CCn1ncc(NC(=S)Nc2ccc(Cl)cc2Cl)c1C(N)=O. The lowest BCUT2D eigenvalue weighted by molar-refractivity contribution is 0.0991. The van der Waals surface area contributed by atoms with E-state index in [1.165, 1.54) is 10.9 Å². The molecule has 1 heterocycles. The van der Waals surface area contributed by atoms with Gasteiger partial charge in [-0.15, -0.1) is 0 Å². The van der Waals surface area contributed by atoms with Crippen molar-refractivity contribution >= 4 is 57.8 Å².